The zero-order valence-electron chi connectivity index (χ0n) is 5.22. The Kier molecular flexibility index (Phi) is 0.663. The summed E-state index contributed by atoms with van der Waals surface area (Å²) < 4.78 is 0. The van der Waals surface area contributed by atoms with Crippen molar-refractivity contribution in [2.24, 2.45) is 11.3 Å². The zero-order valence-corrected chi connectivity index (χ0v) is 5.22. The second-order valence-corrected chi connectivity index (χ2v) is 3.68. The van der Waals surface area contributed by atoms with Crippen LogP contribution < -0.4 is 0 Å². The van der Waals surface area contributed by atoms with Crippen molar-refractivity contribution >= 4 is 0 Å². The molecule has 3 fully saturated rings. The second kappa shape index (κ2) is 1.10. The van der Waals surface area contributed by atoms with Crippen molar-refractivity contribution in [3.8, 4) is 0 Å². The van der Waals surface area contributed by atoms with Crippen molar-refractivity contribution in [3.05, 3.63) is 0 Å². The van der Waals surface area contributed by atoms with E-state index >= 15 is 0 Å². The van der Waals surface area contributed by atoms with Crippen LogP contribution in [-0.4, -0.2) is 11.2 Å². The minimum atomic E-state index is 0.0347. The number of hydrogen-bond acceptors (Lipinski definition) is 1. The lowest BCUT2D eigenvalue weighted by molar-refractivity contribution is 0.0457. The van der Waals surface area contributed by atoms with Gasteiger partial charge in [-0.1, -0.05) is 6.92 Å². The highest BCUT2D eigenvalue weighted by molar-refractivity contribution is 5.03. The maximum absolute atomic E-state index is 9.30. The molecule has 2 bridgehead atoms. The molecule has 0 spiro atoms. The van der Waals surface area contributed by atoms with E-state index in [4.69, 9.17) is 0 Å². The molecule has 3 aliphatic carbocycles. The average Bonchev–Trinajstić information content (AvgIpc) is 1.90. The van der Waals surface area contributed by atoms with Crippen molar-refractivity contribution in [3.63, 3.8) is 0 Å². The smallest absolute Gasteiger partial charge is 0.0596 e. The van der Waals surface area contributed by atoms with Crippen LogP contribution in [0.2, 0.25) is 0 Å². The predicted molar refractivity (Wildman–Crippen MR) is 31.5 cm³/mol. The Hall–Kier alpha value is -0.0400. The maximum atomic E-state index is 9.30. The Morgan fingerprint density at radius 3 is 2.25 bits per heavy atom. The average molecular weight is 112 g/mol. The minimum absolute atomic E-state index is 0.0347. The Morgan fingerprint density at radius 2 is 2.12 bits per heavy atom. The van der Waals surface area contributed by atoms with Gasteiger partial charge in [0.1, 0.15) is 0 Å². The van der Waals surface area contributed by atoms with Crippen LogP contribution in [0.5, 0.6) is 0 Å². The third kappa shape index (κ3) is 0.368. The summed E-state index contributed by atoms with van der Waals surface area (Å²) in [6.45, 7) is 2.20. The Balaban J connectivity index is 2.21. The van der Waals surface area contributed by atoms with Gasteiger partial charge in [-0.2, -0.15) is 0 Å². The normalized spacial score (nSPS) is 60.8. The first-order valence-electron chi connectivity index (χ1n) is 3.39. The van der Waals surface area contributed by atoms with Gasteiger partial charge in [0.05, 0.1) is 6.10 Å². The summed E-state index contributed by atoms with van der Waals surface area (Å²) in [6.07, 6.45) is 3.69. The number of hydrogen-bond donors (Lipinski definition) is 1. The molecule has 0 aromatic rings. The summed E-state index contributed by atoms with van der Waals surface area (Å²) in [5, 5.41) is 9.30. The van der Waals surface area contributed by atoms with Gasteiger partial charge < -0.3 is 5.11 Å². The van der Waals surface area contributed by atoms with Crippen LogP contribution in [0.25, 0.3) is 0 Å². The number of rotatable bonds is 0. The molecule has 0 amide bonds. The molecule has 8 heavy (non-hydrogen) atoms. The van der Waals surface area contributed by atoms with Crippen LogP contribution in [0.1, 0.15) is 26.2 Å². The number of aliphatic hydroxyl groups is 1. The molecule has 3 saturated carbocycles. The molecule has 1 nitrogen and oxygen atoms in total. The molecule has 46 valence electrons. The van der Waals surface area contributed by atoms with Crippen LogP contribution in [0, 0.1) is 11.3 Å². The van der Waals surface area contributed by atoms with Gasteiger partial charge in [0.15, 0.2) is 0 Å². The summed E-state index contributed by atoms with van der Waals surface area (Å²) >= 11 is 0. The summed E-state index contributed by atoms with van der Waals surface area (Å²) in [4.78, 5) is 0. The quantitative estimate of drug-likeness (QED) is 0.498. The van der Waals surface area contributed by atoms with E-state index < -0.39 is 0 Å². The van der Waals surface area contributed by atoms with Crippen LogP contribution in [-0.2, 0) is 0 Å². The molecule has 3 aliphatic rings. The number of fused-ring (bicyclic) bond motifs is 1. The van der Waals surface area contributed by atoms with E-state index in [1.807, 2.05) is 0 Å². The fourth-order valence-electron chi connectivity index (χ4n) is 2.30. The third-order valence-electron chi connectivity index (χ3n) is 2.87. The number of aliphatic hydroxyl groups excluding tert-OH is 1. The topological polar surface area (TPSA) is 20.2 Å². The molecule has 1 atom stereocenters. The molecule has 0 heterocycles. The van der Waals surface area contributed by atoms with Crippen LogP contribution >= 0.6 is 0 Å². The van der Waals surface area contributed by atoms with Crippen LogP contribution in [0.4, 0.5) is 0 Å². The van der Waals surface area contributed by atoms with E-state index in [1.165, 1.54) is 12.8 Å². The van der Waals surface area contributed by atoms with Gasteiger partial charge in [-0.25, -0.2) is 0 Å². The first-order chi connectivity index (χ1) is 3.71. The monoisotopic (exact) mass is 112 g/mol. The highest BCUT2D eigenvalue weighted by Gasteiger charge is 2.53. The van der Waals surface area contributed by atoms with Gasteiger partial charge in [0.2, 0.25) is 0 Å². The lowest BCUT2D eigenvalue weighted by atomic mass is 9.71. The van der Waals surface area contributed by atoms with Crippen molar-refractivity contribution in [1.29, 1.82) is 0 Å². The molecular formula is C7H12O. The minimum Gasteiger partial charge on any atom is -0.393 e. The predicted octanol–water partition coefficient (Wildman–Crippen LogP) is 1.17. The molecule has 0 radical (unpaired) electrons. The van der Waals surface area contributed by atoms with E-state index in [9.17, 15) is 5.11 Å². The molecule has 3 rings (SSSR count). The lowest BCUT2D eigenvalue weighted by Crippen LogP contribution is -2.30. The van der Waals surface area contributed by atoms with Gasteiger partial charge >= 0.3 is 0 Å². The third-order valence-corrected chi connectivity index (χ3v) is 2.87. The standard InChI is InChI=1S/C7H12O/c1-7-3-5(4-7)2-6(7)8/h5-6,8H,2-4H2,1H3. The molecule has 0 aliphatic heterocycles. The van der Waals surface area contributed by atoms with E-state index in [2.05, 4.69) is 6.92 Å². The van der Waals surface area contributed by atoms with E-state index in [0.29, 0.717) is 5.41 Å². The van der Waals surface area contributed by atoms with Crippen LogP contribution in [0.15, 0.2) is 0 Å². The summed E-state index contributed by atoms with van der Waals surface area (Å²) in [7, 11) is 0. The van der Waals surface area contributed by atoms with Crippen LogP contribution in [0.3, 0.4) is 0 Å². The van der Waals surface area contributed by atoms with Crippen molar-refractivity contribution in [2.75, 3.05) is 0 Å². The summed E-state index contributed by atoms with van der Waals surface area (Å²) in [5.74, 6) is 0.884. The summed E-state index contributed by atoms with van der Waals surface area (Å²) in [6, 6.07) is 0. The first-order valence-corrected chi connectivity index (χ1v) is 3.39. The molecular weight excluding hydrogens is 100 g/mol. The van der Waals surface area contributed by atoms with Crippen molar-refractivity contribution in [2.45, 2.75) is 32.3 Å². The second-order valence-electron chi connectivity index (χ2n) is 3.68. The van der Waals surface area contributed by atoms with Gasteiger partial charge in [0.25, 0.3) is 0 Å². The Bertz CT molecular complexity index is 111. The lowest BCUT2D eigenvalue weighted by Gasteiger charge is -2.35. The Labute approximate surface area is 49.7 Å². The van der Waals surface area contributed by atoms with E-state index in [-0.39, 0.29) is 6.10 Å². The largest absolute Gasteiger partial charge is 0.393 e. The highest BCUT2D eigenvalue weighted by Crippen LogP contribution is 2.58. The van der Waals surface area contributed by atoms with Gasteiger partial charge in [-0.15, -0.1) is 0 Å². The van der Waals surface area contributed by atoms with E-state index in [0.717, 1.165) is 12.3 Å². The Morgan fingerprint density at radius 1 is 1.50 bits per heavy atom. The molecule has 0 aromatic carbocycles. The fraction of sp³-hybridized carbons (Fsp3) is 1.00. The van der Waals surface area contributed by atoms with Crippen molar-refractivity contribution < 1.29 is 5.11 Å². The molecule has 1 N–H and O–H groups in total. The van der Waals surface area contributed by atoms with Gasteiger partial charge in [0, 0.05) is 0 Å². The zero-order chi connectivity index (χ0) is 5.78. The molecule has 0 aromatic heterocycles. The van der Waals surface area contributed by atoms with E-state index in [1.54, 1.807) is 0 Å². The first kappa shape index (κ1) is 4.80. The SMILES string of the molecule is CC12CC(CC1O)C2. The molecule has 1 heteroatoms. The fourth-order valence-corrected chi connectivity index (χ4v) is 2.30. The maximum Gasteiger partial charge on any atom is 0.0596 e. The summed E-state index contributed by atoms with van der Waals surface area (Å²) in [5.41, 5.74) is 0.352. The molecule has 1 unspecified atom stereocenters. The highest BCUT2D eigenvalue weighted by atomic mass is 16.3. The molecule has 0 saturated heterocycles. The van der Waals surface area contributed by atoms with Gasteiger partial charge in [-0.3, -0.25) is 0 Å². The van der Waals surface area contributed by atoms with Crippen molar-refractivity contribution in [1.82, 2.24) is 0 Å². The van der Waals surface area contributed by atoms with Gasteiger partial charge in [-0.05, 0) is 30.6 Å².